The van der Waals surface area contributed by atoms with Crippen molar-refractivity contribution < 1.29 is 18.3 Å². The highest BCUT2D eigenvalue weighted by Gasteiger charge is 2.17. The second kappa shape index (κ2) is 10.4. The van der Waals surface area contributed by atoms with Crippen molar-refractivity contribution in [3.8, 4) is 16.9 Å². The number of alkyl halides is 2. The van der Waals surface area contributed by atoms with Gasteiger partial charge >= 0.3 is 6.61 Å². The zero-order valence-electron chi connectivity index (χ0n) is 19.8. The minimum absolute atomic E-state index is 0.0148. The molecule has 0 saturated carbocycles. The molecule has 1 aliphatic heterocycles. The van der Waals surface area contributed by atoms with Crippen LogP contribution < -0.4 is 10.1 Å². The summed E-state index contributed by atoms with van der Waals surface area (Å²) in [5.74, 6) is -0.0660. The number of nitrogens with one attached hydrogen (secondary N) is 1. The molecule has 1 N–H and O–H groups in total. The summed E-state index contributed by atoms with van der Waals surface area (Å²) in [5.41, 5.74) is 4.11. The van der Waals surface area contributed by atoms with Gasteiger partial charge in [-0.3, -0.25) is 19.4 Å². The Morgan fingerprint density at radius 3 is 2.58 bits per heavy atom. The number of ether oxygens (including phenoxy) is 1. The number of carbonyl (C=O) groups is 1. The van der Waals surface area contributed by atoms with Crippen LogP contribution in [-0.2, 0) is 13.6 Å². The Morgan fingerprint density at radius 2 is 1.83 bits per heavy atom. The third-order valence-electron chi connectivity index (χ3n) is 6.35. The lowest BCUT2D eigenvalue weighted by atomic mass is 10.1. The van der Waals surface area contributed by atoms with E-state index in [9.17, 15) is 13.6 Å². The number of pyridine rings is 2. The molecule has 4 heterocycles. The number of anilines is 1. The molecule has 10 heteroatoms. The van der Waals surface area contributed by atoms with E-state index in [1.165, 1.54) is 43.5 Å². The van der Waals surface area contributed by atoms with Crippen LogP contribution in [-0.4, -0.2) is 50.3 Å². The van der Waals surface area contributed by atoms with Crippen molar-refractivity contribution >= 4 is 22.6 Å². The number of benzene rings is 1. The average molecular weight is 493 g/mol. The van der Waals surface area contributed by atoms with Gasteiger partial charge in [0, 0.05) is 41.9 Å². The second-order valence-electron chi connectivity index (χ2n) is 8.81. The predicted molar refractivity (Wildman–Crippen MR) is 132 cm³/mol. The van der Waals surface area contributed by atoms with Crippen LogP contribution in [0.4, 0.5) is 14.6 Å². The van der Waals surface area contributed by atoms with Gasteiger partial charge in [0.25, 0.3) is 5.91 Å². The minimum Gasteiger partial charge on any atom is -0.435 e. The molecule has 3 aromatic heterocycles. The maximum absolute atomic E-state index is 12.6. The number of hydrogen-bond acceptors (Lipinski definition) is 6. The summed E-state index contributed by atoms with van der Waals surface area (Å²) in [5, 5.41) is 8.07. The number of nitrogens with zero attached hydrogens (tertiary/aromatic N) is 5. The summed E-state index contributed by atoms with van der Waals surface area (Å²) < 4.78 is 30.9. The molecule has 0 unspecified atom stereocenters. The van der Waals surface area contributed by atoms with Crippen molar-refractivity contribution in [1.29, 1.82) is 0 Å². The Morgan fingerprint density at radius 1 is 1.06 bits per heavy atom. The molecule has 0 radical (unpaired) electrons. The molecule has 1 saturated heterocycles. The molecule has 0 atom stereocenters. The van der Waals surface area contributed by atoms with Crippen LogP contribution in [0.3, 0.4) is 0 Å². The van der Waals surface area contributed by atoms with Crippen LogP contribution in [0, 0.1) is 0 Å². The van der Waals surface area contributed by atoms with Gasteiger partial charge in [0.15, 0.2) is 0 Å². The van der Waals surface area contributed by atoms with Gasteiger partial charge in [0.2, 0.25) is 0 Å². The highest BCUT2D eigenvalue weighted by Crippen LogP contribution is 2.28. The zero-order chi connectivity index (χ0) is 25.1. The third-order valence-corrected chi connectivity index (χ3v) is 6.35. The lowest BCUT2D eigenvalue weighted by Gasteiger charge is -2.26. The number of fused-ring (bicyclic) bond motifs is 1. The molecule has 186 valence electrons. The van der Waals surface area contributed by atoms with Crippen LogP contribution >= 0.6 is 0 Å². The molecule has 0 bridgehead atoms. The number of halogens is 2. The van der Waals surface area contributed by atoms with Crippen molar-refractivity contribution in [3.63, 3.8) is 0 Å². The van der Waals surface area contributed by atoms with Crippen LogP contribution in [0.25, 0.3) is 22.0 Å². The fourth-order valence-electron chi connectivity index (χ4n) is 4.44. The van der Waals surface area contributed by atoms with Crippen LogP contribution in [0.15, 0.2) is 55.0 Å². The Hall–Kier alpha value is -3.92. The predicted octanol–water partition coefficient (Wildman–Crippen LogP) is 4.87. The topological polar surface area (TPSA) is 85.2 Å². The van der Waals surface area contributed by atoms with Crippen molar-refractivity contribution in [3.05, 3.63) is 66.2 Å². The van der Waals surface area contributed by atoms with Gasteiger partial charge < -0.3 is 10.1 Å². The van der Waals surface area contributed by atoms with E-state index in [0.717, 1.165) is 41.8 Å². The van der Waals surface area contributed by atoms with Crippen LogP contribution in [0.1, 0.15) is 35.3 Å². The number of rotatable bonds is 7. The third kappa shape index (κ3) is 5.33. The molecular weight excluding hydrogens is 466 g/mol. The molecule has 1 aromatic carbocycles. The molecule has 4 aromatic rings. The number of likely N-dealkylation sites (tertiary alicyclic amines) is 1. The Balaban J connectivity index is 1.36. The summed E-state index contributed by atoms with van der Waals surface area (Å²) in [6.07, 6.45) is 9.02. The van der Waals surface area contributed by atoms with Gasteiger partial charge in [0.05, 0.1) is 23.6 Å². The van der Waals surface area contributed by atoms with Crippen molar-refractivity contribution in [1.82, 2.24) is 24.6 Å². The number of carbonyl (C=O) groups excluding carboxylic acids is 1. The van der Waals surface area contributed by atoms with E-state index < -0.39 is 12.5 Å². The van der Waals surface area contributed by atoms with E-state index in [0.29, 0.717) is 16.9 Å². The van der Waals surface area contributed by atoms with E-state index in [1.807, 2.05) is 30.2 Å². The van der Waals surface area contributed by atoms with Crippen LogP contribution in [0.2, 0.25) is 0 Å². The summed E-state index contributed by atoms with van der Waals surface area (Å²) in [4.78, 5) is 24.0. The standard InChI is InChI=1S/C26H26F2N6O2/c1-33-23(16-34-9-3-2-4-10-34)21(14-31-33)19-11-18-12-24(30-15-22(18)29-13-19)32-25(35)17-5-7-20(8-6-17)36-26(27)28/h5-8,11-15,26H,2-4,9-10,16H2,1H3,(H,30,32,35). The number of aromatic nitrogens is 4. The Kier molecular flexibility index (Phi) is 6.86. The first kappa shape index (κ1) is 23.8. The van der Waals surface area contributed by atoms with Gasteiger partial charge in [-0.05, 0) is 62.3 Å². The summed E-state index contributed by atoms with van der Waals surface area (Å²) in [6, 6.07) is 9.26. The van der Waals surface area contributed by atoms with Crippen LogP contribution in [0.5, 0.6) is 5.75 Å². The van der Waals surface area contributed by atoms with E-state index in [-0.39, 0.29) is 5.75 Å². The normalized spacial score (nSPS) is 14.3. The van der Waals surface area contributed by atoms with Crippen molar-refractivity contribution in [2.24, 2.45) is 7.05 Å². The average Bonchev–Trinajstić information content (AvgIpc) is 3.24. The van der Waals surface area contributed by atoms with E-state index >= 15 is 0 Å². The first-order valence-corrected chi connectivity index (χ1v) is 11.8. The quantitative estimate of drug-likeness (QED) is 0.396. The van der Waals surface area contributed by atoms with Gasteiger partial charge in [-0.2, -0.15) is 13.9 Å². The number of hydrogen-bond donors (Lipinski definition) is 1. The molecule has 5 rings (SSSR count). The Labute approximate surface area is 206 Å². The number of amides is 1. The highest BCUT2D eigenvalue weighted by molar-refractivity contribution is 6.04. The number of aryl methyl sites for hydroxylation is 1. The van der Waals surface area contributed by atoms with E-state index in [1.54, 1.807) is 12.3 Å². The summed E-state index contributed by atoms with van der Waals surface area (Å²) in [7, 11) is 1.96. The monoisotopic (exact) mass is 492 g/mol. The molecule has 1 fully saturated rings. The maximum Gasteiger partial charge on any atom is 0.387 e. The maximum atomic E-state index is 12.6. The van der Waals surface area contributed by atoms with Crippen molar-refractivity contribution in [2.75, 3.05) is 18.4 Å². The Bertz CT molecular complexity index is 1370. The SMILES string of the molecule is Cn1ncc(-c2cnc3cnc(NC(=O)c4ccc(OC(F)F)cc4)cc3c2)c1CN1CCCCC1. The first-order chi connectivity index (χ1) is 17.5. The molecule has 1 amide bonds. The number of piperidine rings is 1. The van der Waals surface area contributed by atoms with E-state index in [4.69, 9.17) is 0 Å². The lowest BCUT2D eigenvalue weighted by Crippen LogP contribution is -2.30. The fourth-order valence-corrected chi connectivity index (χ4v) is 4.44. The fraction of sp³-hybridized carbons (Fsp3) is 0.308. The molecule has 1 aliphatic rings. The smallest absolute Gasteiger partial charge is 0.387 e. The van der Waals surface area contributed by atoms with E-state index in [2.05, 4.69) is 30.0 Å². The zero-order valence-corrected chi connectivity index (χ0v) is 19.8. The molecular formula is C26H26F2N6O2. The van der Waals surface area contributed by atoms with Gasteiger partial charge in [-0.15, -0.1) is 0 Å². The molecule has 0 spiro atoms. The highest BCUT2D eigenvalue weighted by atomic mass is 19.3. The van der Waals surface area contributed by atoms with Gasteiger partial charge in [0.1, 0.15) is 11.6 Å². The van der Waals surface area contributed by atoms with Gasteiger partial charge in [-0.25, -0.2) is 4.98 Å². The second-order valence-corrected chi connectivity index (χ2v) is 8.81. The molecule has 0 aliphatic carbocycles. The largest absolute Gasteiger partial charge is 0.435 e. The lowest BCUT2D eigenvalue weighted by molar-refractivity contribution is -0.0498. The van der Waals surface area contributed by atoms with Crippen molar-refractivity contribution in [2.45, 2.75) is 32.4 Å². The molecule has 8 nitrogen and oxygen atoms in total. The minimum atomic E-state index is -2.92. The molecule has 36 heavy (non-hydrogen) atoms. The first-order valence-electron chi connectivity index (χ1n) is 11.8. The summed E-state index contributed by atoms with van der Waals surface area (Å²) >= 11 is 0. The van der Waals surface area contributed by atoms with Gasteiger partial charge in [-0.1, -0.05) is 6.42 Å². The summed E-state index contributed by atoms with van der Waals surface area (Å²) in [6.45, 7) is 0.106.